The average Bonchev–Trinajstić information content (AvgIpc) is 2.75. The van der Waals surface area contributed by atoms with Crippen LogP contribution < -0.4 is 5.32 Å². The zero-order valence-corrected chi connectivity index (χ0v) is 9.70. The van der Waals surface area contributed by atoms with Crippen molar-refractivity contribution in [1.82, 2.24) is 5.32 Å². The summed E-state index contributed by atoms with van der Waals surface area (Å²) in [4.78, 5) is 0. The van der Waals surface area contributed by atoms with Crippen molar-refractivity contribution in [3.05, 3.63) is 22.4 Å². The number of hydrogen-bond donors (Lipinski definition) is 1. The number of thiophene rings is 1. The summed E-state index contributed by atoms with van der Waals surface area (Å²) < 4.78 is 0. The lowest BCUT2D eigenvalue weighted by molar-refractivity contribution is 0.456. The Morgan fingerprint density at radius 1 is 1.50 bits per heavy atom. The van der Waals surface area contributed by atoms with Crippen molar-refractivity contribution in [2.75, 3.05) is 13.1 Å². The highest BCUT2D eigenvalue weighted by atomic mass is 32.1. The molecule has 1 aliphatic rings. The van der Waals surface area contributed by atoms with Crippen molar-refractivity contribution in [1.29, 1.82) is 0 Å². The minimum Gasteiger partial charge on any atom is -0.316 e. The number of rotatable bonds is 6. The van der Waals surface area contributed by atoms with Gasteiger partial charge in [0.15, 0.2) is 0 Å². The Labute approximate surface area is 90.5 Å². The summed E-state index contributed by atoms with van der Waals surface area (Å²) in [6.07, 6.45) is 5.36. The highest BCUT2D eigenvalue weighted by Crippen LogP contribution is 2.47. The van der Waals surface area contributed by atoms with Crippen LogP contribution in [0.25, 0.3) is 0 Å². The Balaban J connectivity index is 1.79. The number of hydrogen-bond acceptors (Lipinski definition) is 2. The lowest BCUT2D eigenvalue weighted by Gasteiger charge is -2.14. The molecule has 78 valence electrons. The maximum atomic E-state index is 3.55. The quantitative estimate of drug-likeness (QED) is 0.710. The standard InChI is InChI=1S/C12H19NS/c1-2-6-13-10-12(4-5-12)8-11-3-7-14-9-11/h3,7,9,13H,2,4-6,8,10H2,1H3. The minimum absolute atomic E-state index is 0.621. The summed E-state index contributed by atoms with van der Waals surface area (Å²) in [5.41, 5.74) is 2.15. The molecule has 0 amide bonds. The van der Waals surface area contributed by atoms with Gasteiger partial charge in [0.05, 0.1) is 0 Å². The molecule has 0 saturated heterocycles. The van der Waals surface area contributed by atoms with Crippen LogP contribution in [0, 0.1) is 5.41 Å². The van der Waals surface area contributed by atoms with Gasteiger partial charge in [-0.1, -0.05) is 6.92 Å². The van der Waals surface area contributed by atoms with Crippen LogP contribution in [0.1, 0.15) is 31.7 Å². The highest BCUT2D eigenvalue weighted by Gasteiger charge is 2.41. The van der Waals surface area contributed by atoms with Crippen molar-refractivity contribution in [3.63, 3.8) is 0 Å². The van der Waals surface area contributed by atoms with Gasteiger partial charge in [0.25, 0.3) is 0 Å². The van der Waals surface area contributed by atoms with Gasteiger partial charge in [-0.2, -0.15) is 11.3 Å². The first-order valence-electron chi connectivity index (χ1n) is 5.56. The lowest BCUT2D eigenvalue weighted by Crippen LogP contribution is -2.26. The first-order chi connectivity index (χ1) is 6.85. The SMILES string of the molecule is CCCNCC1(Cc2ccsc2)CC1. The highest BCUT2D eigenvalue weighted by molar-refractivity contribution is 7.07. The molecule has 1 nitrogen and oxygen atoms in total. The zero-order chi connectivity index (χ0) is 9.86. The molecule has 1 heterocycles. The fraction of sp³-hybridized carbons (Fsp3) is 0.667. The van der Waals surface area contributed by atoms with Crippen LogP contribution in [-0.4, -0.2) is 13.1 Å². The van der Waals surface area contributed by atoms with E-state index in [1.54, 1.807) is 0 Å². The third kappa shape index (κ3) is 2.58. The molecule has 0 aromatic carbocycles. The van der Waals surface area contributed by atoms with Gasteiger partial charge in [-0.25, -0.2) is 0 Å². The molecule has 0 radical (unpaired) electrons. The molecule has 0 unspecified atom stereocenters. The van der Waals surface area contributed by atoms with Gasteiger partial charge in [0.2, 0.25) is 0 Å². The Bertz CT molecular complexity index is 262. The predicted octanol–water partition coefficient (Wildman–Crippen LogP) is 3.07. The average molecular weight is 209 g/mol. The predicted molar refractivity (Wildman–Crippen MR) is 62.9 cm³/mol. The zero-order valence-electron chi connectivity index (χ0n) is 8.88. The fourth-order valence-electron chi connectivity index (χ4n) is 1.95. The maximum absolute atomic E-state index is 3.55. The molecule has 1 aromatic rings. The lowest BCUT2D eigenvalue weighted by atomic mass is 9.98. The van der Waals surface area contributed by atoms with Crippen molar-refractivity contribution < 1.29 is 0 Å². The smallest absolute Gasteiger partial charge is 0.00110 e. The van der Waals surface area contributed by atoms with E-state index in [1.165, 1.54) is 44.3 Å². The van der Waals surface area contributed by atoms with Gasteiger partial charge < -0.3 is 5.32 Å². The Kier molecular flexibility index (Phi) is 3.24. The summed E-state index contributed by atoms with van der Waals surface area (Å²) in [7, 11) is 0. The van der Waals surface area contributed by atoms with E-state index in [9.17, 15) is 0 Å². The Morgan fingerprint density at radius 2 is 2.36 bits per heavy atom. The molecule has 1 fully saturated rings. The van der Waals surface area contributed by atoms with E-state index >= 15 is 0 Å². The van der Waals surface area contributed by atoms with Gasteiger partial charge in [0.1, 0.15) is 0 Å². The van der Waals surface area contributed by atoms with E-state index in [0.29, 0.717) is 5.41 Å². The van der Waals surface area contributed by atoms with E-state index in [2.05, 4.69) is 29.1 Å². The molecule has 1 aliphatic carbocycles. The first-order valence-corrected chi connectivity index (χ1v) is 6.51. The van der Waals surface area contributed by atoms with Gasteiger partial charge in [0, 0.05) is 6.54 Å². The summed E-state index contributed by atoms with van der Waals surface area (Å²) in [6.45, 7) is 4.62. The molecule has 0 aliphatic heterocycles. The maximum Gasteiger partial charge on any atom is 0.00110 e. The first kappa shape index (κ1) is 10.2. The molecule has 1 N–H and O–H groups in total. The topological polar surface area (TPSA) is 12.0 Å². The van der Waals surface area contributed by atoms with E-state index < -0.39 is 0 Å². The van der Waals surface area contributed by atoms with Crippen LogP contribution in [0.15, 0.2) is 16.8 Å². The van der Waals surface area contributed by atoms with Crippen molar-refractivity contribution in [2.45, 2.75) is 32.6 Å². The molecule has 2 heteroatoms. The van der Waals surface area contributed by atoms with Gasteiger partial charge in [-0.15, -0.1) is 0 Å². The van der Waals surface area contributed by atoms with E-state index in [-0.39, 0.29) is 0 Å². The second-order valence-electron chi connectivity index (χ2n) is 4.49. The third-order valence-electron chi connectivity index (χ3n) is 3.04. The van der Waals surface area contributed by atoms with E-state index in [1.807, 2.05) is 11.3 Å². The molecule has 14 heavy (non-hydrogen) atoms. The summed E-state index contributed by atoms with van der Waals surface area (Å²) in [5.74, 6) is 0. The van der Waals surface area contributed by atoms with Crippen LogP contribution in [-0.2, 0) is 6.42 Å². The van der Waals surface area contributed by atoms with Crippen molar-refractivity contribution in [3.8, 4) is 0 Å². The summed E-state index contributed by atoms with van der Waals surface area (Å²) in [5, 5.41) is 8.03. The van der Waals surface area contributed by atoms with Crippen LogP contribution in [0.5, 0.6) is 0 Å². The molecular formula is C12H19NS. The van der Waals surface area contributed by atoms with Crippen LogP contribution >= 0.6 is 11.3 Å². The van der Waals surface area contributed by atoms with Gasteiger partial charge in [-0.3, -0.25) is 0 Å². The minimum atomic E-state index is 0.621. The van der Waals surface area contributed by atoms with Crippen molar-refractivity contribution >= 4 is 11.3 Å². The normalized spacial score (nSPS) is 18.4. The number of nitrogens with one attached hydrogen (secondary N) is 1. The molecule has 2 rings (SSSR count). The van der Waals surface area contributed by atoms with Crippen LogP contribution in [0.3, 0.4) is 0 Å². The largest absolute Gasteiger partial charge is 0.316 e. The van der Waals surface area contributed by atoms with Crippen LogP contribution in [0.4, 0.5) is 0 Å². The van der Waals surface area contributed by atoms with Gasteiger partial charge in [-0.05, 0) is 60.0 Å². The Morgan fingerprint density at radius 3 is 2.93 bits per heavy atom. The van der Waals surface area contributed by atoms with Crippen LogP contribution in [0.2, 0.25) is 0 Å². The molecule has 1 aromatic heterocycles. The molecular weight excluding hydrogens is 190 g/mol. The molecule has 1 saturated carbocycles. The van der Waals surface area contributed by atoms with E-state index in [4.69, 9.17) is 0 Å². The Hall–Kier alpha value is -0.340. The fourth-order valence-corrected chi connectivity index (χ4v) is 2.62. The van der Waals surface area contributed by atoms with Gasteiger partial charge >= 0.3 is 0 Å². The second-order valence-corrected chi connectivity index (χ2v) is 5.27. The second kappa shape index (κ2) is 4.45. The summed E-state index contributed by atoms with van der Waals surface area (Å²) >= 11 is 1.82. The van der Waals surface area contributed by atoms with Crippen molar-refractivity contribution in [2.24, 2.45) is 5.41 Å². The summed E-state index contributed by atoms with van der Waals surface area (Å²) in [6, 6.07) is 2.27. The molecule has 0 bridgehead atoms. The molecule has 0 atom stereocenters. The third-order valence-corrected chi connectivity index (χ3v) is 3.78. The van der Waals surface area contributed by atoms with E-state index in [0.717, 1.165) is 0 Å². The monoisotopic (exact) mass is 209 g/mol. The molecule has 0 spiro atoms.